The van der Waals surface area contributed by atoms with Crippen LogP contribution in [0.1, 0.15) is 24.0 Å². The standard InChI is InChI=1S/C13H17NO3/c1-10-2-3-12(13(8-10)14(15)16)9-11-4-6-17-7-5-11/h2-3,8,11H,4-7,9H2,1H3. The molecule has 92 valence electrons. The molecular formula is C13H17NO3. The van der Waals surface area contributed by atoms with Crippen LogP contribution in [0.3, 0.4) is 0 Å². The maximum absolute atomic E-state index is 11.0. The second-order valence-corrected chi connectivity index (χ2v) is 4.65. The highest BCUT2D eigenvalue weighted by Gasteiger charge is 2.20. The number of hydrogen-bond donors (Lipinski definition) is 0. The van der Waals surface area contributed by atoms with Gasteiger partial charge in [-0.05, 0) is 37.7 Å². The van der Waals surface area contributed by atoms with E-state index in [0.717, 1.165) is 43.6 Å². The lowest BCUT2D eigenvalue weighted by Gasteiger charge is -2.21. The summed E-state index contributed by atoms with van der Waals surface area (Å²) in [5, 5.41) is 11.0. The van der Waals surface area contributed by atoms with Crippen molar-refractivity contribution < 1.29 is 9.66 Å². The summed E-state index contributed by atoms with van der Waals surface area (Å²) in [4.78, 5) is 10.7. The van der Waals surface area contributed by atoms with Crippen molar-refractivity contribution in [1.82, 2.24) is 0 Å². The number of nitrogens with zero attached hydrogens (tertiary/aromatic N) is 1. The summed E-state index contributed by atoms with van der Waals surface area (Å²) in [6, 6.07) is 5.50. The van der Waals surface area contributed by atoms with Crippen LogP contribution in [0.15, 0.2) is 18.2 Å². The minimum atomic E-state index is -0.276. The van der Waals surface area contributed by atoms with Gasteiger partial charge in [-0.1, -0.05) is 12.1 Å². The van der Waals surface area contributed by atoms with Crippen LogP contribution in [0.2, 0.25) is 0 Å². The molecule has 4 heteroatoms. The molecule has 0 aliphatic carbocycles. The van der Waals surface area contributed by atoms with Gasteiger partial charge in [0.1, 0.15) is 0 Å². The highest BCUT2D eigenvalue weighted by atomic mass is 16.6. The van der Waals surface area contributed by atoms with E-state index in [-0.39, 0.29) is 10.6 Å². The van der Waals surface area contributed by atoms with Gasteiger partial charge in [-0.2, -0.15) is 0 Å². The zero-order chi connectivity index (χ0) is 12.3. The first-order valence-corrected chi connectivity index (χ1v) is 5.98. The number of hydrogen-bond acceptors (Lipinski definition) is 3. The van der Waals surface area contributed by atoms with Crippen LogP contribution in [-0.4, -0.2) is 18.1 Å². The van der Waals surface area contributed by atoms with E-state index in [1.54, 1.807) is 6.07 Å². The van der Waals surface area contributed by atoms with Gasteiger partial charge in [0.05, 0.1) is 4.92 Å². The van der Waals surface area contributed by atoms with Crippen LogP contribution in [0.4, 0.5) is 5.69 Å². The average molecular weight is 235 g/mol. The molecule has 0 unspecified atom stereocenters. The summed E-state index contributed by atoms with van der Waals surface area (Å²) in [7, 11) is 0. The maximum atomic E-state index is 11.0. The SMILES string of the molecule is Cc1ccc(CC2CCOCC2)c([N+](=O)[O-])c1. The van der Waals surface area contributed by atoms with Crippen molar-refractivity contribution in [2.24, 2.45) is 5.92 Å². The minimum Gasteiger partial charge on any atom is -0.381 e. The first-order valence-electron chi connectivity index (χ1n) is 5.98. The summed E-state index contributed by atoms with van der Waals surface area (Å²) in [5.41, 5.74) is 2.05. The molecule has 2 rings (SSSR count). The number of nitro groups is 1. The summed E-state index contributed by atoms with van der Waals surface area (Å²) >= 11 is 0. The molecule has 1 heterocycles. The Balaban J connectivity index is 2.16. The van der Waals surface area contributed by atoms with Gasteiger partial charge in [-0.3, -0.25) is 10.1 Å². The van der Waals surface area contributed by atoms with E-state index < -0.39 is 0 Å². The topological polar surface area (TPSA) is 52.4 Å². The smallest absolute Gasteiger partial charge is 0.272 e. The second kappa shape index (κ2) is 5.27. The Kier molecular flexibility index (Phi) is 3.74. The van der Waals surface area contributed by atoms with E-state index in [1.165, 1.54) is 0 Å². The van der Waals surface area contributed by atoms with Gasteiger partial charge in [0, 0.05) is 24.8 Å². The molecule has 0 aromatic heterocycles. The molecule has 0 radical (unpaired) electrons. The van der Waals surface area contributed by atoms with Crippen LogP contribution in [0.5, 0.6) is 0 Å². The summed E-state index contributed by atoms with van der Waals surface area (Å²) in [6.07, 6.45) is 2.80. The molecule has 0 saturated carbocycles. The fraction of sp³-hybridized carbons (Fsp3) is 0.538. The van der Waals surface area contributed by atoms with Crippen LogP contribution >= 0.6 is 0 Å². The van der Waals surface area contributed by atoms with Crippen molar-refractivity contribution in [2.45, 2.75) is 26.2 Å². The van der Waals surface area contributed by atoms with E-state index in [2.05, 4.69) is 0 Å². The largest absolute Gasteiger partial charge is 0.381 e. The molecule has 0 bridgehead atoms. The van der Waals surface area contributed by atoms with Gasteiger partial charge in [0.25, 0.3) is 5.69 Å². The van der Waals surface area contributed by atoms with Crippen molar-refractivity contribution in [3.8, 4) is 0 Å². The van der Waals surface area contributed by atoms with Crippen molar-refractivity contribution in [3.63, 3.8) is 0 Å². The Morgan fingerprint density at radius 2 is 2.12 bits per heavy atom. The number of aryl methyl sites for hydroxylation is 1. The molecule has 1 fully saturated rings. The molecule has 4 nitrogen and oxygen atoms in total. The number of ether oxygens (including phenoxy) is 1. The molecule has 0 spiro atoms. The summed E-state index contributed by atoms with van der Waals surface area (Å²) < 4.78 is 5.30. The van der Waals surface area contributed by atoms with Crippen LogP contribution in [0, 0.1) is 23.0 Å². The molecule has 17 heavy (non-hydrogen) atoms. The Morgan fingerprint density at radius 3 is 2.76 bits per heavy atom. The lowest BCUT2D eigenvalue weighted by atomic mass is 9.91. The molecule has 1 aromatic rings. The van der Waals surface area contributed by atoms with Crippen molar-refractivity contribution in [1.29, 1.82) is 0 Å². The van der Waals surface area contributed by atoms with Gasteiger partial charge in [-0.15, -0.1) is 0 Å². The molecule has 0 amide bonds. The predicted molar refractivity (Wildman–Crippen MR) is 65.1 cm³/mol. The van der Waals surface area contributed by atoms with E-state index in [1.807, 2.05) is 19.1 Å². The monoisotopic (exact) mass is 235 g/mol. The van der Waals surface area contributed by atoms with Crippen LogP contribution in [-0.2, 0) is 11.2 Å². The van der Waals surface area contributed by atoms with Crippen LogP contribution in [0.25, 0.3) is 0 Å². The average Bonchev–Trinajstić information content (AvgIpc) is 2.32. The highest BCUT2D eigenvalue weighted by Crippen LogP contribution is 2.26. The molecule has 1 aliphatic rings. The number of nitro benzene ring substituents is 1. The minimum absolute atomic E-state index is 0.261. The van der Waals surface area contributed by atoms with Crippen LogP contribution < -0.4 is 0 Å². The second-order valence-electron chi connectivity index (χ2n) is 4.65. The lowest BCUT2D eigenvalue weighted by molar-refractivity contribution is -0.385. The third kappa shape index (κ3) is 3.03. The van der Waals surface area contributed by atoms with Gasteiger partial charge < -0.3 is 4.74 Å². The van der Waals surface area contributed by atoms with E-state index in [4.69, 9.17) is 4.74 Å². The van der Waals surface area contributed by atoms with Gasteiger partial charge >= 0.3 is 0 Å². The molecule has 0 N–H and O–H groups in total. The number of rotatable bonds is 3. The predicted octanol–water partition coefficient (Wildman–Crippen LogP) is 2.87. The highest BCUT2D eigenvalue weighted by molar-refractivity contribution is 5.43. The summed E-state index contributed by atoms with van der Waals surface area (Å²) in [5.74, 6) is 0.519. The normalized spacial score (nSPS) is 17.0. The number of benzene rings is 1. The van der Waals surface area contributed by atoms with E-state index in [9.17, 15) is 10.1 Å². The quantitative estimate of drug-likeness (QED) is 0.598. The molecule has 0 atom stereocenters. The molecule has 1 saturated heterocycles. The summed E-state index contributed by atoms with van der Waals surface area (Å²) in [6.45, 7) is 3.44. The van der Waals surface area contributed by atoms with Gasteiger partial charge in [0.2, 0.25) is 0 Å². The third-order valence-electron chi connectivity index (χ3n) is 3.29. The van der Waals surface area contributed by atoms with Gasteiger partial charge in [-0.25, -0.2) is 0 Å². The first kappa shape index (κ1) is 12.0. The fourth-order valence-corrected chi connectivity index (χ4v) is 2.28. The zero-order valence-corrected chi connectivity index (χ0v) is 10.0. The van der Waals surface area contributed by atoms with Crippen molar-refractivity contribution >= 4 is 5.69 Å². The molecular weight excluding hydrogens is 218 g/mol. The van der Waals surface area contributed by atoms with Crippen molar-refractivity contribution in [3.05, 3.63) is 39.4 Å². The third-order valence-corrected chi connectivity index (χ3v) is 3.29. The zero-order valence-electron chi connectivity index (χ0n) is 10.0. The Labute approximate surface area is 101 Å². The maximum Gasteiger partial charge on any atom is 0.272 e. The molecule has 1 aliphatic heterocycles. The Hall–Kier alpha value is -1.42. The molecule has 1 aromatic carbocycles. The fourth-order valence-electron chi connectivity index (χ4n) is 2.28. The Morgan fingerprint density at radius 1 is 1.41 bits per heavy atom. The van der Waals surface area contributed by atoms with Gasteiger partial charge in [0.15, 0.2) is 0 Å². The van der Waals surface area contributed by atoms with Crippen molar-refractivity contribution in [2.75, 3.05) is 13.2 Å². The van der Waals surface area contributed by atoms with E-state index >= 15 is 0 Å². The van der Waals surface area contributed by atoms with E-state index in [0.29, 0.717) is 5.92 Å². The lowest BCUT2D eigenvalue weighted by Crippen LogP contribution is -2.18. The first-order chi connectivity index (χ1) is 8.16. The Bertz CT molecular complexity index is 411.